The summed E-state index contributed by atoms with van der Waals surface area (Å²) < 4.78 is 14.2. The van der Waals surface area contributed by atoms with E-state index in [1.165, 1.54) is 12.5 Å². The minimum atomic E-state index is -0.366. The van der Waals surface area contributed by atoms with Crippen molar-refractivity contribution in [2.45, 2.75) is 31.1 Å². The summed E-state index contributed by atoms with van der Waals surface area (Å²) in [6.45, 7) is 0.964. The summed E-state index contributed by atoms with van der Waals surface area (Å²) in [7, 11) is 0. The van der Waals surface area contributed by atoms with E-state index in [0.29, 0.717) is 0 Å². The number of carbonyl (C=O) groups is 1. The highest BCUT2D eigenvalue weighted by atomic mass is 19.1. The standard InChI is InChI=1S/C14H17FN2O/c15-10-3-1-4-11-13(10)14(5-2-6-14)7-8-17(11)9-12(16)18/h1,3-4H,2,5-9H2,(H2,16,18). The summed E-state index contributed by atoms with van der Waals surface area (Å²) in [6.07, 6.45) is 4.22. The second kappa shape index (κ2) is 3.97. The van der Waals surface area contributed by atoms with Gasteiger partial charge in [-0.2, -0.15) is 0 Å². The Bertz CT molecular complexity index is 497. The van der Waals surface area contributed by atoms with Crippen molar-refractivity contribution < 1.29 is 9.18 Å². The van der Waals surface area contributed by atoms with Crippen LogP contribution in [0.1, 0.15) is 31.2 Å². The number of benzene rings is 1. The average Bonchev–Trinajstić information content (AvgIpc) is 2.27. The zero-order valence-electron chi connectivity index (χ0n) is 10.3. The van der Waals surface area contributed by atoms with Crippen molar-refractivity contribution in [1.29, 1.82) is 0 Å². The van der Waals surface area contributed by atoms with E-state index in [1.807, 2.05) is 11.0 Å². The van der Waals surface area contributed by atoms with Gasteiger partial charge in [-0.3, -0.25) is 4.79 Å². The Morgan fingerprint density at radius 2 is 2.17 bits per heavy atom. The van der Waals surface area contributed by atoms with Crippen molar-refractivity contribution in [3.05, 3.63) is 29.6 Å². The summed E-state index contributed by atoms with van der Waals surface area (Å²) in [5.41, 5.74) is 6.95. The van der Waals surface area contributed by atoms with Gasteiger partial charge >= 0.3 is 0 Å². The van der Waals surface area contributed by atoms with Crippen LogP contribution in [0.15, 0.2) is 18.2 Å². The first kappa shape index (κ1) is 11.5. The van der Waals surface area contributed by atoms with Crippen molar-refractivity contribution in [3.8, 4) is 0 Å². The number of fused-ring (bicyclic) bond motifs is 2. The lowest BCUT2D eigenvalue weighted by atomic mass is 9.60. The summed E-state index contributed by atoms with van der Waals surface area (Å²) in [5.74, 6) is -0.504. The van der Waals surface area contributed by atoms with Gasteiger partial charge in [0.25, 0.3) is 0 Å². The molecule has 0 radical (unpaired) electrons. The Balaban J connectivity index is 2.05. The number of nitrogens with zero attached hydrogens (tertiary/aromatic N) is 1. The Hall–Kier alpha value is -1.58. The second-order valence-corrected chi connectivity index (χ2v) is 5.41. The molecule has 1 aliphatic heterocycles. The maximum absolute atomic E-state index is 14.2. The van der Waals surface area contributed by atoms with Gasteiger partial charge in [0.05, 0.1) is 6.54 Å². The first-order valence-electron chi connectivity index (χ1n) is 6.45. The summed E-state index contributed by atoms with van der Waals surface area (Å²) in [5, 5.41) is 0. The molecule has 3 nitrogen and oxygen atoms in total. The minimum absolute atomic E-state index is 0.0226. The number of hydrogen-bond acceptors (Lipinski definition) is 2. The van der Waals surface area contributed by atoms with Gasteiger partial charge in [-0.25, -0.2) is 4.39 Å². The highest BCUT2D eigenvalue weighted by Gasteiger charge is 2.45. The number of amides is 1. The number of nitrogens with two attached hydrogens (primary N) is 1. The zero-order valence-corrected chi connectivity index (χ0v) is 10.3. The van der Waals surface area contributed by atoms with E-state index in [2.05, 4.69) is 0 Å². The zero-order chi connectivity index (χ0) is 12.8. The van der Waals surface area contributed by atoms with E-state index in [0.717, 1.165) is 37.1 Å². The van der Waals surface area contributed by atoms with Crippen molar-refractivity contribution in [2.24, 2.45) is 5.73 Å². The van der Waals surface area contributed by atoms with Crippen LogP contribution >= 0.6 is 0 Å². The molecule has 1 amide bonds. The van der Waals surface area contributed by atoms with Crippen LogP contribution in [-0.4, -0.2) is 19.0 Å². The molecule has 1 aliphatic carbocycles. The molecule has 1 aromatic carbocycles. The first-order chi connectivity index (χ1) is 8.62. The van der Waals surface area contributed by atoms with Crippen LogP contribution < -0.4 is 10.6 Å². The van der Waals surface area contributed by atoms with Crippen molar-refractivity contribution in [3.63, 3.8) is 0 Å². The molecule has 1 spiro atoms. The molecule has 18 heavy (non-hydrogen) atoms. The fourth-order valence-electron chi connectivity index (χ4n) is 3.35. The molecule has 3 rings (SSSR count). The predicted molar refractivity (Wildman–Crippen MR) is 68.0 cm³/mol. The molecule has 1 saturated carbocycles. The Kier molecular flexibility index (Phi) is 2.54. The molecule has 1 fully saturated rings. The molecule has 1 aromatic rings. The Morgan fingerprint density at radius 3 is 2.78 bits per heavy atom. The number of halogens is 1. The third-order valence-electron chi connectivity index (χ3n) is 4.38. The molecule has 1 heterocycles. The Labute approximate surface area is 106 Å². The molecule has 0 bridgehead atoms. The van der Waals surface area contributed by atoms with E-state index >= 15 is 0 Å². The lowest BCUT2D eigenvalue weighted by Crippen LogP contribution is -2.47. The monoisotopic (exact) mass is 248 g/mol. The second-order valence-electron chi connectivity index (χ2n) is 5.41. The van der Waals surface area contributed by atoms with E-state index in [4.69, 9.17) is 5.73 Å². The number of rotatable bonds is 2. The van der Waals surface area contributed by atoms with Crippen molar-refractivity contribution in [2.75, 3.05) is 18.0 Å². The fraction of sp³-hybridized carbons (Fsp3) is 0.500. The molecule has 96 valence electrons. The largest absolute Gasteiger partial charge is 0.368 e. The number of primary amides is 1. The van der Waals surface area contributed by atoms with Crippen LogP contribution in [0.25, 0.3) is 0 Å². The topological polar surface area (TPSA) is 46.3 Å². The third-order valence-corrected chi connectivity index (χ3v) is 4.38. The number of anilines is 1. The van der Waals surface area contributed by atoms with E-state index in [1.54, 1.807) is 6.07 Å². The van der Waals surface area contributed by atoms with Crippen molar-refractivity contribution >= 4 is 11.6 Å². The van der Waals surface area contributed by atoms with Gasteiger partial charge in [0, 0.05) is 23.2 Å². The van der Waals surface area contributed by atoms with Gasteiger partial charge in [0.15, 0.2) is 0 Å². The van der Waals surface area contributed by atoms with E-state index in [9.17, 15) is 9.18 Å². The minimum Gasteiger partial charge on any atom is -0.368 e. The molecule has 2 aliphatic rings. The normalized spacial score (nSPS) is 20.4. The maximum Gasteiger partial charge on any atom is 0.236 e. The van der Waals surface area contributed by atoms with Gasteiger partial charge in [0.1, 0.15) is 5.82 Å². The van der Waals surface area contributed by atoms with Gasteiger partial charge in [0.2, 0.25) is 5.91 Å². The lowest BCUT2D eigenvalue weighted by Gasteiger charge is -2.49. The molecule has 4 heteroatoms. The van der Waals surface area contributed by atoms with Crippen molar-refractivity contribution in [1.82, 2.24) is 0 Å². The third kappa shape index (κ3) is 1.59. The highest BCUT2D eigenvalue weighted by molar-refractivity contribution is 5.80. The summed E-state index contributed by atoms with van der Waals surface area (Å²) in [4.78, 5) is 13.0. The van der Waals surface area contributed by atoms with Gasteiger partial charge < -0.3 is 10.6 Å². The highest BCUT2D eigenvalue weighted by Crippen LogP contribution is 2.53. The van der Waals surface area contributed by atoms with Crippen LogP contribution in [-0.2, 0) is 10.2 Å². The maximum atomic E-state index is 14.2. The SMILES string of the molecule is NC(=O)CN1CCC2(CCC2)c2c(F)cccc21. The van der Waals surface area contributed by atoms with Gasteiger partial charge in [-0.1, -0.05) is 12.5 Å². The molecule has 0 atom stereocenters. The molecule has 2 N–H and O–H groups in total. The van der Waals surface area contributed by atoms with Crippen LogP contribution in [0.5, 0.6) is 0 Å². The fourth-order valence-corrected chi connectivity index (χ4v) is 3.35. The van der Waals surface area contributed by atoms with Gasteiger partial charge in [-0.05, 0) is 31.4 Å². The van der Waals surface area contributed by atoms with E-state index in [-0.39, 0.29) is 23.7 Å². The van der Waals surface area contributed by atoms with Crippen LogP contribution in [0.3, 0.4) is 0 Å². The smallest absolute Gasteiger partial charge is 0.236 e. The van der Waals surface area contributed by atoms with Crippen LogP contribution in [0.2, 0.25) is 0 Å². The quantitative estimate of drug-likeness (QED) is 0.869. The molecular formula is C14H17FN2O. The molecule has 0 unspecified atom stereocenters. The van der Waals surface area contributed by atoms with E-state index < -0.39 is 0 Å². The number of carbonyl (C=O) groups excluding carboxylic acids is 1. The Morgan fingerprint density at radius 1 is 1.39 bits per heavy atom. The molecule has 0 aromatic heterocycles. The van der Waals surface area contributed by atoms with Crippen LogP contribution in [0.4, 0.5) is 10.1 Å². The number of hydrogen-bond donors (Lipinski definition) is 1. The summed E-state index contributed by atoms with van der Waals surface area (Å²) in [6, 6.07) is 5.13. The lowest BCUT2D eigenvalue weighted by molar-refractivity contribution is -0.116. The molecular weight excluding hydrogens is 231 g/mol. The predicted octanol–water partition coefficient (Wildman–Crippen LogP) is 1.94. The average molecular weight is 248 g/mol. The first-order valence-corrected chi connectivity index (χ1v) is 6.45. The molecule has 0 saturated heterocycles. The summed E-state index contributed by atoms with van der Waals surface area (Å²) >= 11 is 0. The van der Waals surface area contributed by atoms with Crippen LogP contribution in [0, 0.1) is 5.82 Å². The van der Waals surface area contributed by atoms with Gasteiger partial charge in [-0.15, -0.1) is 0 Å².